The van der Waals surface area contributed by atoms with Gasteiger partial charge in [-0.05, 0) is 110 Å². The molecule has 1 saturated heterocycles. The lowest BCUT2D eigenvalue weighted by molar-refractivity contribution is 0.237. The van der Waals surface area contributed by atoms with Gasteiger partial charge < -0.3 is 25.8 Å². The minimum absolute atomic E-state index is 0.0861. The third kappa shape index (κ3) is 10.6. The molecule has 3 atom stereocenters. The Hall–Kier alpha value is -4.78. The Morgan fingerprint density at radius 1 is 0.952 bits per heavy atom. The third-order valence-electron chi connectivity index (χ3n) is 14.9. The minimum Gasteiger partial charge on any atom is -0.387 e. The van der Waals surface area contributed by atoms with Crippen LogP contribution in [0.25, 0.3) is 16.6 Å². The molecule has 0 amide bonds. The van der Waals surface area contributed by atoms with Crippen LogP contribution in [0.5, 0.6) is 0 Å². The molecule has 340 valence electrons. The second-order valence-corrected chi connectivity index (χ2v) is 20.1. The monoisotopic (exact) mass is 855 g/mol. The molecule has 6 rings (SSSR count). The van der Waals surface area contributed by atoms with Crippen molar-refractivity contribution in [2.45, 2.75) is 145 Å². The van der Waals surface area contributed by atoms with Gasteiger partial charge >= 0.3 is 0 Å². The lowest BCUT2D eigenvalue weighted by Gasteiger charge is -2.36. The maximum atomic E-state index is 15.4. The van der Waals surface area contributed by atoms with E-state index in [9.17, 15) is 0 Å². The Kier molecular flexibility index (Phi) is 15.4. The fourth-order valence-electron chi connectivity index (χ4n) is 10.2. The molecule has 1 aromatic carbocycles. The molecule has 0 spiro atoms. The van der Waals surface area contributed by atoms with Crippen LogP contribution in [-0.2, 0) is 13.0 Å². The van der Waals surface area contributed by atoms with E-state index >= 15 is 4.39 Å². The molecule has 63 heavy (non-hydrogen) atoms. The minimum atomic E-state index is -0.174. The van der Waals surface area contributed by atoms with Crippen molar-refractivity contribution in [2.24, 2.45) is 23.2 Å². The summed E-state index contributed by atoms with van der Waals surface area (Å²) in [6, 6.07) is 3.99. The molecule has 4 heterocycles. The van der Waals surface area contributed by atoms with E-state index < -0.39 is 0 Å². The number of hydrogen-bond acceptors (Lipinski definition) is 6. The van der Waals surface area contributed by atoms with E-state index in [1.807, 2.05) is 6.92 Å². The number of hydrogen-bond donors (Lipinski definition) is 3. The first-order valence-electron chi connectivity index (χ1n) is 24.1. The second kappa shape index (κ2) is 20.4. The summed E-state index contributed by atoms with van der Waals surface area (Å²) in [7, 11) is 0. The number of allylic oxidation sites excluding steroid dienone is 7. The number of unbranched alkanes of at least 4 members (excludes halogenated alkanes) is 5. The van der Waals surface area contributed by atoms with E-state index in [4.69, 9.17) is 4.98 Å². The second-order valence-electron chi connectivity index (χ2n) is 20.1. The highest BCUT2D eigenvalue weighted by Crippen LogP contribution is 2.49. The first-order valence-corrected chi connectivity index (χ1v) is 24.1. The van der Waals surface area contributed by atoms with Crippen molar-refractivity contribution in [3.8, 4) is 0 Å². The summed E-state index contributed by atoms with van der Waals surface area (Å²) in [5.41, 5.74) is 16.5. The van der Waals surface area contributed by atoms with Crippen LogP contribution in [0, 0.1) is 35.9 Å². The van der Waals surface area contributed by atoms with Gasteiger partial charge in [-0.3, -0.25) is 0 Å². The van der Waals surface area contributed by atoms with Gasteiger partial charge in [-0.2, -0.15) is 0 Å². The predicted molar refractivity (Wildman–Crippen MR) is 267 cm³/mol. The molecule has 3 unspecified atom stereocenters. The molecule has 0 bridgehead atoms. The van der Waals surface area contributed by atoms with Crippen LogP contribution in [0.2, 0.25) is 0 Å². The molecular weight excluding hydrogens is 776 g/mol. The fraction of sp³-hybridized carbons (Fsp3) is 0.518. The molecule has 0 saturated carbocycles. The summed E-state index contributed by atoms with van der Waals surface area (Å²) in [6.45, 7) is 49.6. The molecule has 1 aliphatic carbocycles. The zero-order valence-corrected chi connectivity index (χ0v) is 40.2. The van der Waals surface area contributed by atoms with Crippen LogP contribution in [0.1, 0.15) is 141 Å². The largest absolute Gasteiger partial charge is 0.387 e. The Morgan fingerprint density at radius 3 is 2.41 bits per heavy atom. The van der Waals surface area contributed by atoms with E-state index in [-0.39, 0.29) is 17.3 Å². The molecule has 7 heteroatoms. The molecule has 6 nitrogen and oxygen atoms in total. The molecule has 4 aliphatic rings. The maximum absolute atomic E-state index is 15.4. The van der Waals surface area contributed by atoms with Gasteiger partial charge in [-0.15, -0.1) is 0 Å². The zero-order valence-electron chi connectivity index (χ0n) is 40.2. The van der Waals surface area contributed by atoms with Gasteiger partial charge in [-0.1, -0.05) is 119 Å². The average Bonchev–Trinajstić information content (AvgIpc) is 3.75. The summed E-state index contributed by atoms with van der Waals surface area (Å²) in [5, 5.41) is 11.8. The van der Waals surface area contributed by atoms with Crippen LogP contribution in [0.4, 0.5) is 4.39 Å². The number of nitrogens with zero attached hydrogens (tertiary/aromatic N) is 3. The lowest BCUT2D eigenvalue weighted by Crippen LogP contribution is -2.40. The quantitative estimate of drug-likeness (QED) is 0.0765. The molecule has 3 N–H and O–H groups in total. The first-order chi connectivity index (χ1) is 29.9. The summed E-state index contributed by atoms with van der Waals surface area (Å²) < 4.78 is 15.4. The van der Waals surface area contributed by atoms with Gasteiger partial charge in [0.05, 0.1) is 36.0 Å². The lowest BCUT2D eigenvalue weighted by atomic mass is 9.75. The summed E-state index contributed by atoms with van der Waals surface area (Å²) in [6.07, 6.45) is 15.8. The number of halogens is 1. The third-order valence-corrected chi connectivity index (χ3v) is 14.9. The molecule has 2 aromatic rings. The molecule has 1 fully saturated rings. The topological polar surface area (TPSA) is 55.5 Å². The number of fused-ring (bicyclic) bond motifs is 4. The zero-order chi connectivity index (χ0) is 45.7. The van der Waals surface area contributed by atoms with Crippen LogP contribution < -0.4 is 16.0 Å². The van der Waals surface area contributed by atoms with Crippen molar-refractivity contribution in [1.82, 2.24) is 30.7 Å². The first kappa shape index (κ1) is 47.7. The Labute approximate surface area is 381 Å². The summed E-state index contributed by atoms with van der Waals surface area (Å²) in [4.78, 5) is 9.81. The summed E-state index contributed by atoms with van der Waals surface area (Å²) in [5.74, 6) is 0.976. The highest BCUT2D eigenvalue weighted by atomic mass is 19.1. The standard InChI is InChI=1S/C56H79FN6/c1-15-56(13,14)50-29-39(7)62(44(50)12)28-22-18-19-23-37(5)60-54(35(2)3)42(10)59-33-38(6)58-27-21-17-16-20-24-46-41(9)51(57)32-52-49(46)30-45-34-63-43(11)47-26-25-36(4)40(8)48(47)31-53(63)55(45)61-52/h30-32,35,40,50,54,58-60H,4-7,10-12,15-29,33-34H2,1-3,8-9,13-14H3. The van der Waals surface area contributed by atoms with E-state index in [1.165, 1.54) is 33.7 Å². The highest BCUT2D eigenvalue weighted by Gasteiger charge is 2.39. The van der Waals surface area contributed by atoms with Crippen LogP contribution in [0.15, 0.2) is 115 Å². The number of benzene rings is 1. The van der Waals surface area contributed by atoms with Crippen molar-refractivity contribution in [3.05, 3.63) is 143 Å². The number of likely N-dealkylation sites (tertiary alicyclic amines) is 1. The van der Waals surface area contributed by atoms with Crippen molar-refractivity contribution in [1.29, 1.82) is 0 Å². The highest BCUT2D eigenvalue weighted by molar-refractivity contribution is 5.88. The van der Waals surface area contributed by atoms with Gasteiger partial charge in [0.15, 0.2) is 0 Å². The van der Waals surface area contributed by atoms with Crippen LogP contribution in [0.3, 0.4) is 0 Å². The predicted octanol–water partition coefficient (Wildman–Crippen LogP) is 13.4. The van der Waals surface area contributed by atoms with E-state index in [0.717, 1.165) is 159 Å². The number of aromatic nitrogens is 1. The van der Waals surface area contributed by atoms with E-state index in [1.54, 1.807) is 6.07 Å². The van der Waals surface area contributed by atoms with Crippen LogP contribution in [-0.4, -0.2) is 40.5 Å². The Bertz CT molecular complexity index is 2210. The summed E-state index contributed by atoms with van der Waals surface area (Å²) >= 11 is 0. The molecule has 1 aromatic heterocycles. The molecule has 3 aliphatic heterocycles. The van der Waals surface area contributed by atoms with Gasteiger partial charge in [0.25, 0.3) is 0 Å². The van der Waals surface area contributed by atoms with Crippen molar-refractivity contribution < 1.29 is 4.39 Å². The van der Waals surface area contributed by atoms with Crippen LogP contribution >= 0.6 is 0 Å². The normalized spacial score (nSPS) is 19.1. The number of rotatable bonds is 23. The number of pyridine rings is 1. The SMILES string of the molecule is C=C(CNC(=C)C(NC(=C)CCCCCN1C(=C)CC(C(C)(C)CC)C1=C)C(C)C)NCCCCCCc1c(C)c(F)cc2nc3c(cc12)CN1C(=C)C2=C(C=C31)C(C)C(=C)CC2. The van der Waals surface area contributed by atoms with Crippen molar-refractivity contribution in [2.75, 3.05) is 19.6 Å². The Morgan fingerprint density at radius 2 is 1.68 bits per heavy atom. The molecule has 0 radical (unpaired) electrons. The van der Waals surface area contributed by atoms with Gasteiger partial charge in [0, 0.05) is 76.1 Å². The van der Waals surface area contributed by atoms with Gasteiger partial charge in [-0.25, -0.2) is 9.37 Å². The van der Waals surface area contributed by atoms with Crippen molar-refractivity contribution in [3.63, 3.8) is 0 Å². The van der Waals surface area contributed by atoms with Crippen molar-refractivity contribution >= 4 is 16.6 Å². The average molecular weight is 855 g/mol. The van der Waals surface area contributed by atoms with Gasteiger partial charge in [0.1, 0.15) is 5.82 Å². The molecular formula is C56H79FN6. The smallest absolute Gasteiger partial charge is 0.128 e. The van der Waals surface area contributed by atoms with E-state index in [2.05, 4.69) is 125 Å². The van der Waals surface area contributed by atoms with E-state index in [0.29, 0.717) is 24.3 Å². The Balaban J connectivity index is 0.888. The number of aryl methyl sites for hydroxylation is 1. The number of nitrogens with one attached hydrogen (secondary N) is 3. The fourth-order valence-corrected chi connectivity index (χ4v) is 10.2. The maximum Gasteiger partial charge on any atom is 0.128 e. The van der Waals surface area contributed by atoms with Gasteiger partial charge in [0.2, 0.25) is 0 Å².